The lowest BCUT2D eigenvalue weighted by Crippen LogP contribution is -2.03. The number of aliphatic hydroxyl groups is 1. The number of hydrogen-bond donors (Lipinski definition) is 1. The van der Waals surface area contributed by atoms with Crippen molar-refractivity contribution in [3.8, 4) is 0 Å². The van der Waals surface area contributed by atoms with Crippen molar-refractivity contribution in [3.05, 3.63) is 76.1 Å². The highest BCUT2D eigenvalue weighted by atomic mass is 79.9. The number of rotatable bonds is 3. The largest absolute Gasteiger partial charge is 0.388 e. The van der Waals surface area contributed by atoms with E-state index in [9.17, 15) is 9.50 Å². The first kappa shape index (κ1) is 14.2. The van der Waals surface area contributed by atoms with E-state index >= 15 is 0 Å². The molecule has 106 valence electrons. The third kappa shape index (κ3) is 2.96. The van der Waals surface area contributed by atoms with Crippen molar-refractivity contribution in [2.24, 2.45) is 0 Å². The van der Waals surface area contributed by atoms with Gasteiger partial charge in [-0.1, -0.05) is 30.3 Å². The van der Waals surface area contributed by atoms with Gasteiger partial charge in [-0.15, -0.1) is 0 Å². The van der Waals surface area contributed by atoms with Crippen LogP contribution in [0.4, 0.5) is 4.39 Å². The molecule has 0 fully saturated rings. The maximum absolute atomic E-state index is 13.2. The summed E-state index contributed by atoms with van der Waals surface area (Å²) in [5.74, 6) is -0.305. The summed E-state index contributed by atoms with van der Waals surface area (Å²) in [7, 11) is 0. The number of fused-ring (bicyclic) bond motifs is 1. The predicted molar refractivity (Wildman–Crippen MR) is 84.5 cm³/mol. The molecule has 0 aliphatic carbocycles. The van der Waals surface area contributed by atoms with E-state index in [1.807, 2.05) is 30.3 Å². The Balaban J connectivity index is 1.93. The first-order chi connectivity index (χ1) is 10.1. The van der Waals surface area contributed by atoms with Gasteiger partial charge < -0.3 is 5.11 Å². The SMILES string of the molecule is OC(Cc1ccc(F)c(Br)c1)c1cccc2cccnc12. The van der Waals surface area contributed by atoms with Crippen LogP contribution in [0.2, 0.25) is 0 Å². The number of hydrogen-bond acceptors (Lipinski definition) is 2. The number of para-hydroxylation sites is 1. The zero-order valence-corrected chi connectivity index (χ0v) is 12.7. The Morgan fingerprint density at radius 2 is 1.95 bits per heavy atom. The van der Waals surface area contributed by atoms with Crippen molar-refractivity contribution in [2.75, 3.05) is 0 Å². The second-order valence-corrected chi connectivity index (χ2v) is 5.75. The molecule has 0 saturated carbocycles. The summed E-state index contributed by atoms with van der Waals surface area (Å²) < 4.78 is 13.7. The minimum atomic E-state index is -0.680. The maximum Gasteiger partial charge on any atom is 0.137 e. The summed E-state index contributed by atoms with van der Waals surface area (Å²) >= 11 is 3.16. The van der Waals surface area contributed by atoms with Crippen molar-refractivity contribution < 1.29 is 9.50 Å². The van der Waals surface area contributed by atoms with E-state index in [1.54, 1.807) is 18.3 Å². The Hall–Kier alpha value is -1.78. The predicted octanol–water partition coefficient (Wildman–Crippen LogP) is 4.41. The van der Waals surface area contributed by atoms with Gasteiger partial charge in [-0.3, -0.25) is 4.98 Å². The monoisotopic (exact) mass is 345 g/mol. The number of nitrogens with zero attached hydrogens (tertiary/aromatic N) is 1. The Kier molecular flexibility index (Phi) is 3.99. The van der Waals surface area contributed by atoms with Gasteiger partial charge in [0.15, 0.2) is 0 Å². The number of pyridine rings is 1. The van der Waals surface area contributed by atoms with E-state index in [2.05, 4.69) is 20.9 Å². The van der Waals surface area contributed by atoms with Crippen LogP contribution in [0.1, 0.15) is 17.2 Å². The van der Waals surface area contributed by atoms with Crippen LogP contribution in [0.5, 0.6) is 0 Å². The normalized spacial score (nSPS) is 12.5. The van der Waals surface area contributed by atoms with Crippen LogP contribution in [0.15, 0.2) is 59.2 Å². The van der Waals surface area contributed by atoms with Crippen LogP contribution in [0, 0.1) is 5.82 Å². The molecule has 1 N–H and O–H groups in total. The van der Waals surface area contributed by atoms with Crippen LogP contribution in [-0.2, 0) is 6.42 Å². The molecule has 0 bridgehead atoms. The van der Waals surface area contributed by atoms with Crippen LogP contribution in [0.25, 0.3) is 10.9 Å². The van der Waals surface area contributed by atoms with Crippen molar-refractivity contribution >= 4 is 26.8 Å². The highest BCUT2D eigenvalue weighted by Gasteiger charge is 2.13. The Morgan fingerprint density at radius 3 is 2.76 bits per heavy atom. The lowest BCUT2D eigenvalue weighted by molar-refractivity contribution is 0.180. The van der Waals surface area contributed by atoms with Gasteiger partial charge in [0.05, 0.1) is 16.1 Å². The zero-order chi connectivity index (χ0) is 14.8. The molecular formula is C17H13BrFNO. The molecule has 1 heterocycles. The van der Waals surface area contributed by atoms with Crippen molar-refractivity contribution in [1.82, 2.24) is 4.98 Å². The van der Waals surface area contributed by atoms with Crippen molar-refractivity contribution in [2.45, 2.75) is 12.5 Å². The lowest BCUT2D eigenvalue weighted by atomic mass is 9.99. The molecule has 0 amide bonds. The van der Waals surface area contributed by atoms with Gasteiger partial charge >= 0.3 is 0 Å². The second kappa shape index (κ2) is 5.92. The second-order valence-electron chi connectivity index (χ2n) is 4.89. The molecule has 2 aromatic carbocycles. The van der Waals surface area contributed by atoms with Gasteiger partial charge in [0.2, 0.25) is 0 Å². The van der Waals surface area contributed by atoms with E-state index < -0.39 is 6.10 Å². The van der Waals surface area contributed by atoms with E-state index in [4.69, 9.17) is 0 Å². The molecular weight excluding hydrogens is 333 g/mol. The minimum Gasteiger partial charge on any atom is -0.388 e. The topological polar surface area (TPSA) is 33.1 Å². The average Bonchev–Trinajstić information content (AvgIpc) is 2.50. The molecule has 3 aromatic rings. The Bertz CT molecular complexity index is 785. The lowest BCUT2D eigenvalue weighted by Gasteiger charge is -2.13. The molecule has 2 nitrogen and oxygen atoms in total. The van der Waals surface area contributed by atoms with Gasteiger partial charge in [0.1, 0.15) is 5.82 Å². The standard InChI is InChI=1S/C17H13BrFNO/c18-14-9-11(6-7-15(14)19)10-16(21)13-5-1-3-12-4-2-8-20-17(12)13/h1-9,16,21H,10H2. The quantitative estimate of drug-likeness (QED) is 0.762. The first-order valence-corrected chi connectivity index (χ1v) is 7.40. The summed E-state index contributed by atoms with van der Waals surface area (Å²) in [5.41, 5.74) is 2.45. The first-order valence-electron chi connectivity index (χ1n) is 6.61. The minimum absolute atomic E-state index is 0.305. The third-order valence-electron chi connectivity index (χ3n) is 3.44. The van der Waals surface area contributed by atoms with Gasteiger partial charge in [0, 0.05) is 23.6 Å². The molecule has 3 rings (SSSR count). The zero-order valence-electron chi connectivity index (χ0n) is 11.1. The number of aliphatic hydroxyl groups excluding tert-OH is 1. The smallest absolute Gasteiger partial charge is 0.137 e. The molecule has 21 heavy (non-hydrogen) atoms. The summed E-state index contributed by atoms with van der Waals surface area (Å²) in [6, 6.07) is 14.4. The van der Waals surface area contributed by atoms with Crippen LogP contribution in [-0.4, -0.2) is 10.1 Å². The Morgan fingerprint density at radius 1 is 1.14 bits per heavy atom. The fourth-order valence-electron chi connectivity index (χ4n) is 2.40. The van der Waals surface area contributed by atoms with Gasteiger partial charge in [-0.05, 0) is 39.7 Å². The molecule has 1 atom stereocenters. The van der Waals surface area contributed by atoms with Gasteiger partial charge in [0.25, 0.3) is 0 Å². The van der Waals surface area contributed by atoms with E-state index in [0.717, 1.165) is 22.0 Å². The number of aromatic nitrogens is 1. The van der Waals surface area contributed by atoms with E-state index in [1.165, 1.54) is 6.07 Å². The summed E-state index contributed by atoms with van der Waals surface area (Å²) in [5, 5.41) is 11.5. The molecule has 0 spiro atoms. The molecule has 0 aliphatic rings. The van der Waals surface area contributed by atoms with Crippen LogP contribution >= 0.6 is 15.9 Å². The fourth-order valence-corrected chi connectivity index (χ4v) is 2.82. The average molecular weight is 346 g/mol. The molecule has 1 aromatic heterocycles. The fraction of sp³-hybridized carbons (Fsp3) is 0.118. The number of benzene rings is 2. The summed E-state index contributed by atoms with van der Waals surface area (Å²) in [4.78, 5) is 4.35. The highest BCUT2D eigenvalue weighted by Crippen LogP contribution is 2.26. The molecule has 1 unspecified atom stereocenters. The van der Waals surface area contributed by atoms with E-state index in [-0.39, 0.29) is 5.82 Å². The molecule has 0 radical (unpaired) electrons. The maximum atomic E-state index is 13.2. The third-order valence-corrected chi connectivity index (χ3v) is 4.04. The summed E-state index contributed by atoms with van der Waals surface area (Å²) in [6.45, 7) is 0. The van der Waals surface area contributed by atoms with Crippen LogP contribution in [0.3, 0.4) is 0 Å². The highest BCUT2D eigenvalue weighted by molar-refractivity contribution is 9.10. The van der Waals surface area contributed by atoms with Gasteiger partial charge in [-0.25, -0.2) is 4.39 Å². The van der Waals surface area contributed by atoms with E-state index in [0.29, 0.717) is 10.9 Å². The molecule has 0 saturated heterocycles. The number of halogens is 2. The molecule has 4 heteroatoms. The molecule has 0 aliphatic heterocycles. The van der Waals surface area contributed by atoms with Crippen molar-refractivity contribution in [3.63, 3.8) is 0 Å². The van der Waals surface area contributed by atoms with Crippen molar-refractivity contribution in [1.29, 1.82) is 0 Å². The van der Waals surface area contributed by atoms with Crippen LogP contribution < -0.4 is 0 Å². The van der Waals surface area contributed by atoms with Gasteiger partial charge in [-0.2, -0.15) is 0 Å². The Labute approximate surface area is 130 Å². The summed E-state index contributed by atoms with van der Waals surface area (Å²) in [6.07, 6.45) is 1.45.